The van der Waals surface area contributed by atoms with Crippen LogP contribution in [0.3, 0.4) is 0 Å². The molecule has 0 aliphatic rings. The average Bonchev–Trinajstić information content (AvgIpc) is 1.65. The fourth-order valence-electron chi connectivity index (χ4n) is 0.401. The normalized spacial score (nSPS) is 16.9. The molecule has 0 aromatic rings. The quantitative estimate of drug-likeness (QED) is 0.637. The van der Waals surface area contributed by atoms with E-state index in [2.05, 4.69) is 0 Å². The predicted octanol–water partition coefficient (Wildman–Crippen LogP) is 0.656. The number of hydrogen-bond acceptors (Lipinski definition) is 3. The van der Waals surface area contributed by atoms with E-state index in [0.717, 1.165) is 0 Å². The predicted molar refractivity (Wildman–Crippen MR) is 41.7 cm³/mol. The summed E-state index contributed by atoms with van der Waals surface area (Å²) in [6, 6.07) is 0. The highest BCUT2D eigenvalue weighted by molar-refractivity contribution is 7.98. The maximum Gasteiger partial charge on any atom is 0.150 e. The highest BCUT2D eigenvalue weighted by Crippen LogP contribution is 2.07. The zero-order valence-corrected chi connectivity index (χ0v) is 6.92. The zero-order chi connectivity index (χ0) is 7.49. The maximum absolute atomic E-state index is 10.7. The second-order valence-corrected chi connectivity index (χ2v) is 3.27. The summed E-state index contributed by atoms with van der Waals surface area (Å²) in [6.07, 6.45) is 1.94. The zero-order valence-electron chi connectivity index (χ0n) is 6.10. The Morgan fingerprint density at radius 2 is 2.22 bits per heavy atom. The first kappa shape index (κ1) is 8.98. The van der Waals surface area contributed by atoms with Crippen LogP contribution in [-0.4, -0.2) is 23.3 Å². The number of thioether (sulfide) groups is 1. The summed E-state index contributed by atoms with van der Waals surface area (Å²) < 4.78 is 0. The van der Waals surface area contributed by atoms with Crippen LogP contribution in [0.4, 0.5) is 0 Å². The third-order valence-electron chi connectivity index (χ3n) is 1.25. The van der Waals surface area contributed by atoms with E-state index in [1.165, 1.54) is 6.92 Å². The molecule has 0 aliphatic heterocycles. The van der Waals surface area contributed by atoms with Gasteiger partial charge in [0.2, 0.25) is 0 Å². The van der Waals surface area contributed by atoms with Gasteiger partial charge < -0.3 is 5.73 Å². The molecule has 0 rings (SSSR count). The van der Waals surface area contributed by atoms with Crippen LogP contribution in [-0.2, 0) is 4.79 Å². The lowest BCUT2D eigenvalue weighted by atomic mass is 10.0. The number of carbonyl (C=O) groups excluding carboxylic acids is 1. The largest absolute Gasteiger partial charge is 0.319 e. The van der Waals surface area contributed by atoms with Crippen molar-refractivity contribution in [3.05, 3.63) is 0 Å². The van der Waals surface area contributed by atoms with Gasteiger partial charge in [0.05, 0.1) is 5.54 Å². The van der Waals surface area contributed by atoms with Gasteiger partial charge in [-0.05, 0) is 20.1 Å². The topological polar surface area (TPSA) is 43.1 Å². The minimum atomic E-state index is -0.626. The van der Waals surface area contributed by atoms with Crippen molar-refractivity contribution in [1.82, 2.24) is 0 Å². The van der Waals surface area contributed by atoms with Crippen molar-refractivity contribution in [3.63, 3.8) is 0 Å². The molecule has 9 heavy (non-hydrogen) atoms. The van der Waals surface area contributed by atoms with Crippen LogP contribution in [0.5, 0.6) is 0 Å². The molecule has 0 aliphatic carbocycles. The van der Waals surface area contributed by atoms with Crippen LogP contribution in [0, 0.1) is 0 Å². The van der Waals surface area contributed by atoms with Gasteiger partial charge in [0.25, 0.3) is 0 Å². The summed E-state index contributed by atoms with van der Waals surface area (Å²) in [6.45, 7) is 3.28. The molecule has 1 unspecified atom stereocenters. The Kier molecular flexibility index (Phi) is 3.22. The fraction of sp³-hybridized carbons (Fsp3) is 0.833. The van der Waals surface area contributed by atoms with Crippen LogP contribution in [0.25, 0.3) is 0 Å². The number of carbonyl (C=O) groups is 1. The lowest BCUT2D eigenvalue weighted by Gasteiger charge is -2.18. The van der Waals surface area contributed by atoms with Gasteiger partial charge in [-0.2, -0.15) is 11.8 Å². The summed E-state index contributed by atoms with van der Waals surface area (Å²) in [5, 5.41) is 0. The first-order valence-electron chi connectivity index (χ1n) is 2.79. The standard InChI is InChI=1S/C6H13NOS/c1-5(8)6(2,7)4-9-3/h4,7H2,1-3H3. The van der Waals surface area contributed by atoms with Crippen LogP contribution in [0.1, 0.15) is 13.8 Å². The molecule has 0 aromatic heterocycles. The molecule has 0 heterocycles. The van der Waals surface area contributed by atoms with E-state index in [1.807, 2.05) is 6.26 Å². The summed E-state index contributed by atoms with van der Waals surface area (Å²) in [4.78, 5) is 10.7. The Hall–Kier alpha value is -0.0200. The smallest absolute Gasteiger partial charge is 0.150 e. The first-order chi connectivity index (χ1) is 4.00. The molecule has 0 saturated carbocycles. The molecule has 1 atom stereocenters. The summed E-state index contributed by atoms with van der Waals surface area (Å²) in [5.74, 6) is 0.749. The van der Waals surface area contributed by atoms with E-state index < -0.39 is 5.54 Å². The van der Waals surface area contributed by atoms with Crippen molar-refractivity contribution >= 4 is 17.5 Å². The van der Waals surface area contributed by atoms with E-state index in [0.29, 0.717) is 5.75 Å². The molecular formula is C6H13NOS. The molecule has 2 nitrogen and oxygen atoms in total. The van der Waals surface area contributed by atoms with Gasteiger partial charge in [-0.15, -0.1) is 0 Å². The van der Waals surface area contributed by atoms with Crippen LogP contribution >= 0.6 is 11.8 Å². The molecule has 0 saturated heterocycles. The first-order valence-corrected chi connectivity index (χ1v) is 4.19. The van der Waals surface area contributed by atoms with E-state index in [-0.39, 0.29) is 5.78 Å². The number of rotatable bonds is 3. The van der Waals surface area contributed by atoms with E-state index in [1.54, 1.807) is 18.7 Å². The van der Waals surface area contributed by atoms with Gasteiger partial charge in [0, 0.05) is 5.75 Å². The van der Waals surface area contributed by atoms with Gasteiger partial charge in [0.15, 0.2) is 0 Å². The van der Waals surface area contributed by atoms with Gasteiger partial charge in [0.1, 0.15) is 5.78 Å². The van der Waals surface area contributed by atoms with E-state index in [9.17, 15) is 4.79 Å². The number of ketones is 1. The van der Waals surface area contributed by atoms with Gasteiger partial charge in [-0.25, -0.2) is 0 Å². The Labute approximate surface area is 60.2 Å². The monoisotopic (exact) mass is 147 g/mol. The molecule has 0 fully saturated rings. The fourth-order valence-corrected chi connectivity index (χ4v) is 1.20. The highest BCUT2D eigenvalue weighted by atomic mass is 32.2. The van der Waals surface area contributed by atoms with Gasteiger partial charge in [-0.1, -0.05) is 0 Å². The Morgan fingerprint density at radius 3 is 2.33 bits per heavy atom. The number of nitrogens with two attached hydrogens (primary N) is 1. The Balaban J connectivity index is 3.85. The summed E-state index contributed by atoms with van der Waals surface area (Å²) in [7, 11) is 0. The van der Waals surface area contributed by atoms with Crippen LogP contribution in [0.2, 0.25) is 0 Å². The van der Waals surface area contributed by atoms with Crippen molar-refractivity contribution in [2.75, 3.05) is 12.0 Å². The number of hydrogen-bond donors (Lipinski definition) is 1. The molecule has 3 heteroatoms. The van der Waals surface area contributed by atoms with Gasteiger partial charge >= 0.3 is 0 Å². The molecule has 0 aromatic carbocycles. The SMILES string of the molecule is CSCC(C)(N)C(C)=O. The third-order valence-corrected chi connectivity index (χ3v) is 2.14. The third kappa shape index (κ3) is 2.87. The minimum Gasteiger partial charge on any atom is -0.319 e. The van der Waals surface area contributed by atoms with Crippen molar-refractivity contribution in [2.45, 2.75) is 19.4 Å². The van der Waals surface area contributed by atoms with E-state index >= 15 is 0 Å². The minimum absolute atomic E-state index is 0.0526. The molecular weight excluding hydrogens is 134 g/mol. The van der Waals surface area contributed by atoms with Crippen molar-refractivity contribution in [3.8, 4) is 0 Å². The molecule has 2 N–H and O–H groups in total. The lowest BCUT2D eigenvalue weighted by Crippen LogP contribution is -2.45. The summed E-state index contributed by atoms with van der Waals surface area (Å²) in [5.41, 5.74) is 4.97. The number of Topliss-reactive ketones (excluding diaryl/α,β-unsaturated/α-hetero) is 1. The summed E-state index contributed by atoms with van der Waals surface area (Å²) >= 11 is 1.59. The Morgan fingerprint density at radius 1 is 1.78 bits per heavy atom. The second kappa shape index (κ2) is 3.22. The van der Waals surface area contributed by atoms with Crippen molar-refractivity contribution in [2.24, 2.45) is 5.73 Å². The molecule has 0 radical (unpaired) electrons. The molecule has 54 valence electrons. The molecule has 0 bridgehead atoms. The molecule has 0 amide bonds. The van der Waals surface area contributed by atoms with Crippen molar-refractivity contribution < 1.29 is 4.79 Å². The van der Waals surface area contributed by atoms with Crippen LogP contribution in [0.15, 0.2) is 0 Å². The lowest BCUT2D eigenvalue weighted by molar-refractivity contribution is -0.120. The van der Waals surface area contributed by atoms with E-state index in [4.69, 9.17) is 5.73 Å². The Bertz CT molecular complexity index is 112. The van der Waals surface area contributed by atoms with Gasteiger partial charge in [-0.3, -0.25) is 4.79 Å². The second-order valence-electron chi connectivity index (χ2n) is 2.41. The molecule has 0 spiro atoms. The highest BCUT2D eigenvalue weighted by Gasteiger charge is 2.22. The maximum atomic E-state index is 10.7. The van der Waals surface area contributed by atoms with Crippen molar-refractivity contribution in [1.29, 1.82) is 0 Å². The average molecular weight is 147 g/mol. The van der Waals surface area contributed by atoms with Crippen LogP contribution < -0.4 is 5.73 Å².